The number of carbonyl (C=O) groups excluding carboxylic acids is 1. The molecule has 2 aromatic rings. The van der Waals surface area contributed by atoms with Crippen molar-refractivity contribution >= 4 is 43.3 Å². The van der Waals surface area contributed by atoms with Gasteiger partial charge in [-0.25, -0.2) is 4.31 Å². The fourth-order valence-electron chi connectivity index (χ4n) is 3.35. The number of para-hydroxylation sites is 1. The predicted molar refractivity (Wildman–Crippen MR) is 97.2 cm³/mol. The highest BCUT2D eigenvalue weighted by molar-refractivity contribution is 7.87. The lowest BCUT2D eigenvalue weighted by Crippen LogP contribution is -2.29. The van der Waals surface area contributed by atoms with Gasteiger partial charge in [0.1, 0.15) is 6.10 Å². The lowest BCUT2D eigenvalue weighted by molar-refractivity contribution is -0.110. The van der Waals surface area contributed by atoms with Crippen molar-refractivity contribution in [2.75, 3.05) is 9.62 Å². The normalized spacial score (nSPS) is 21.5. The number of carbonyl (C=O) groups is 1. The number of aliphatic hydroxyl groups is 1. The molecule has 0 radical (unpaired) electrons. The molecule has 0 spiro atoms. The highest BCUT2D eigenvalue weighted by Crippen LogP contribution is 2.48. The number of nitrogens with zero attached hydrogens (tertiary/aromatic N) is 1. The Balaban J connectivity index is 2.01. The van der Waals surface area contributed by atoms with Crippen LogP contribution in [0.15, 0.2) is 53.1 Å². The Kier molecular flexibility index (Phi) is 3.89. The maximum Gasteiger partial charge on any atom is 0.364 e. The van der Waals surface area contributed by atoms with E-state index in [0.29, 0.717) is 4.31 Å². The molecule has 0 fully saturated rings. The van der Waals surface area contributed by atoms with Gasteiger partial charge in [0.2, 0.25) is 0 Å². The van der Waals surface area contributed by atoms with Crippen LogP contribution in [-0.4, -0.2) is 37.0 Å². The van der Waals surface area contributed by atoms with E-state index in [1.54, 1.807) is 6.07 Å². The molecule has 2 aliphatic heterocycles. The maximum atomic E-state index is 12.6. The first-order chi connectivity index (χ1) is 13.0. The van der Waals surface area contributed by atoms with Crippen molar-refractivity contribution in [1.29, 1.82) is 0 Å². The number of hydrogen-bond acceptors (Lipinski definition) is 6. The molecule has 12 heteroatoms. The quantitative estimate of drug-likeness (QED) is 0.409. The second-order valence-electron chi connectivity index (χ2n) is 6.10. The first kappa shape index (κ1) is 18.6. The summed E-state index contributed by atoms with van der Waals surface area (Å²) >= 11 is 0. The number of hydrogen-bond donors (Lipinski definition) is 4. The number of anilines is 2. The molecule has 10 nitrogen and oxygen atoms in total. The molecular formula is C16H12N2O8S2. The van der Waals surface area contributed by atoms with Crippen LogP contribution in [0.2, 0.25) is 0 Å². The minimum atomic E-state index is -4.89. The zero-order chi connectivity index (χ0) is 20.4. The Hall–Kier alpha value is -2.77. The summed E-state index contributed by atoms with van der Waals surface area (Å²) in [4.78, 5) is 12.1. The number of benzene rings is 2. The van der Waals surface area contributed by atoms with Gasteiger partial charge >= 0.3 is 10.3 Å². The van der Waals surface area contributed by atoms with Gasteiger partial charge in [-0.2, -0.15) is 16.8 Å². The largest absolute Gasteiger partial charge is 0.382 e. The number of amides is 1. The molecule has 0 aliphatic carbocycles. The number of nitrogens with one attached hydrogen (secondary N) is 1. The smallest absolute Gasteiger partial charge is 0.364 e. The lowest BCUT2D eigenvalue weighted by Gasteiger charge is -2.19. The number of rotatable bonds is 2. The van der Waals surface area contributed by atoms with Crippen LogP contribution in [0.1, 0.15) is 17.2 Å². The summed E-state index contributed by atoms with van der Waals surface area (Å²) in [7, 11) is -9.42. The van der Waals surface area contributed by atoms with Crippen molar-refractivity contribution in [1.82, 2.24) is 0 Å². The van der Waals surface area contributed by atoms with E-state index in [1.807, 2.05) is 0 Å². The molecule has 28 heavy (non-hydrogen) atoms. The molecule has 2 heterocycles. The van der Waals surface area contributed by atoms with Gasteiger partial charge in [-0.1, -0.05) is 24.3 Å². The van der Waals surface area contributed by atoms with E-state index in [4.69, 9.17) is 4.55 Å². The van der Waals surface area contributed by atoms with Gasteiger partial charge in [0.15, 0.2) is 0 Å². The van der Waals surface area contributed by atoms with Crippen LogP contribution in [0.4, 0.5) is 11.4 Å². The van der Waals surface area contributed by atoms with E-state index < -0.39 is 37.3 Å². The fourth-order valence-corrected chi connectivity index (χ4v) is 4.71. The molecule has 0 saturated heterocycles. The fraction of sp³-hybridized carbons (Fsp3) is 0.0625. The van der Waals surface area contributed by atoms with Gasteiger partial charge in [-0.15, -0.1) is 0 Å². The van der Waals surface area contributed by atoms with Crippen molar-refractivity contribution in [3.8, 4) is 0 Å². The zero-order valence-corrected chi connectivity index (χ0v) is 15.4. The summed E-state index contributed by atoms with van der Waals surface area (Å²) in [5.74, 6) is -0.807. The molecule has 1 amide bonds. The van der Waals surface area contributed by atoms with E-state index in [2.05, 4.69) is 5.32 Å². The third kappa shape index (κ3) is 2.70. The Morgan fingerprint density at radius 2 is 1.68 bits per heavy atom. The van der Waals surface area contributed by atoms with Crippen molar-refractivity contribution in [3.05, 3.63) is 59.3 Å². The maximum absolute atomic E-state index is 12.6. The van der Waals surface area contributed by atoms with E-state index in [1.165, 1.54) is 24.3 Å². The highest BCUT2D eigenvalue weighted by Gasteiger charge is 2.44. The third-order valence-electron chi connectivity index (χ3n) is 4.45. The molecule has 4 N–H and O–H groups in total. The first-order valence-corrected chi connectivity index (χ1v) is 10.6. The van der Waals surface area contributed by atoms with Gasteiger partial charge in [0, 0.05) is 11.1 Å². The molecule has 1 atom stereocenters. The number of aliphatic hydroxyl groups excluding tert-OH is 1. The second kappa shape index (κ2) is 5.86. The van der Waals surface area contributed by atoms with Crippen LogP contribution >= 0.6 is 0 Å². The standard InChI is InChI=1S/C16H12N2O8S2/c19-15-10-3-1-2-4-12(10)18(28(24,25)26)14(15)13-9-6-5-8(27(21,22)23)7-11(9)17-16(13)20/h1-7,15,19H,(H,17,20)(H,21,22,23)(H,24,25,26)/b14-13-. The van der Waals surface area contributed by atoms with Crippen LogP contribution < -0.4 is 9.62 Å². The van der Waals surface area contributed by atoms with Gasteiger partial charge in [0.05, 0.1) is 27.5 Å². The van der Waals surface area contributed by atoms with Crippen molar-refractivity contribution < 1.29 is 35.8 Å². The Morgan fingerprint density at radius 3 is 2.32 bits per heavy atom. The average molecular weight is 424 g/mol. The molecule has 4 rings (SSSR count). The second-order valence-corrected chi connectivity index (χ2v) is 8.78. The zero-order valence-electron chi connectivity index (χ0n) is 13.8. The monoisotopic (exact) mass is 424 g/mol. The van der Waals surface area contributed by atoms with Crippen LogP contribution in [0.5, 0.6) is 0 Å². The molecule has 2 aliphatic rings. The first-order valence-electron chi connectivity index (χ1n) is 7.72. The van der Waals surface area contributed by atoms with Crippen LogP contribution in [0.25, 0.3) is 5.57 Å². The summed E-state index contributed by atoms with van der Waals surface area (Å²) in [6.45, 7) is 0. The Bertz CT molecular complexity index is 1280. The van der Waals surface area contributed by atoms with Crippen LogP contribution in [-0.2, 0) is 25.2 Å². The van der Waals surface area contributed by atoms with E-state index in [0.717, 1.165) is 12.1 Å². The SMILES string of the molecule is O=C1Nc2cc(S(=O)(=O)O)ccc2/C1=C1\C(O)c2ccccc2N1S(=O)(=O)O. The average Bonchev–Trinajstić information content (AvgIpc) is 3.07. The van der Waals surface area contributed by atoms with E-state index in [-0.39, 0.29) is 33.8 Å². The predicted octanol–water partition coefficient (Wildman–Crippen LogP) is 0.953. The van der Waals surface area contributed by atoms with Crippen LogP contribution in [0.3, 0.4) is 0 Å². The van der Waals surface area contributed by atoms with Crippen LogP contribution in [0, 0.1) is 0 Å². The molecule has 2 aromatic carbocycles. The minimum Gasteiger partial charge on any atom is -0.382 e. The molecule has 0 saturated carbocycles. The molecule has 0 bridgehead atoms. The third-order valence-corrected chi connectivity index (χ3v) is 6.15. The minimum absolute atomic E-state index is 0.000990. The van der Waals surface area contributed by atoms with Crippen molar-refractivity contribution in [2.24, 2.45) is 0 Å². The molecule has 146 valence electrons. The molecule has 0 aromatic heterocycles. The van der Waals surface area contributed by atoms with Gasteiger partial charge < -0.3 is 10.4 Å². The Labute approximate surface area is 159 Å². The molecular weight excluding hydrogens is 412 g/mol. The van der Waals surface area contributed by atoms with Crippen molar-refractivity contribution in [2.45, 2.75) is 11.0 Å². The Morgan fingerprint density at radius 1 is 1.00 bits per heavy atom. The summed E-state index contributed by atoms with van der Waals surface area (Å²) in [6, 6.07) is 9.08. The van der Waals surface area contributed by atoms with E-state index in [9.17, 15) is 31.3 Å². The van der Waals surface area contributed by atoms with Gasteiger partial charge in [-0.3, -0.25) is 13.9 Å². The summed E-state index contributed by atoms with van der Waals surface area (Å²) in [5.41, 5.74) is -0.388. The summed E-state index contributed by atoms with van der Waals surface area (Å²) in [6.07, 6.45) is -1.54. The topological polar surface area (TPSA) is 161 Å². The van der Waals surface area contributed by atoms with Crippen molar-refractivity contribution in [3.63, 3.8) is 0 Å². The summed E-state index contributed by atoms with van der Waals surface area (Å²) in [5, 5.41) is 13.0. The summed E-state index contributed by atoms with van der Waals surface area (Å²) < 4.78 is 66.0. The van der Waals surface area contributed by atoms with Gasteiger partial charge in [-0.05, 0) is 18.2 Å². The highest BCUT2D eigenvalue weighted by atomic mass is 32.2. The lowest BCUT2D eigenvalue weighted by atomic mass is 10.0. The van der Waals surface area contributed by atoms with Gasteiger partial charge in [0.25, 0.3) is 16.0 Å². The molecule has 1 unspecified atom stereocenters. The number of fused-ring (bicyclic) bond motifs is 2. The van der Waals surface area contributed by atoms with E-state index >= 15 is 0 Å².